The molecule has 1 aliphatic rings. The van der Waals surface area contributed by atoms with Crippen LogP contribution in [-0.2, 0) is 9.53 Å². The first kappa shape index (κ1) is 34.0. The minimum Gasteiger partial charge on any atom is -0.375 e. The highest BCUT2D eigenvalue weighted by Gasteiger charge is 2.34. The van der Waals surface area contributed by atoms with Crippen molar-refractivity contribution in [1.82, 2.24) is 9.80 Å². The molecular weight excluding hydrogens is 372 g/mol. The SMILES string of the molecule is CC.CC.CC.CCCN1CCN(C(=O)C(C)(C)CCOC(C)(CC)CCC)CC1. The molecule has 4 heteroatoms. The fraction of sp³-hybridized carbons (Fsp3) is 0.962. The number of rotatable bonds is 10. The third kappa shape index (κ3) is 13.6. The number of piperazine rings is 1. The average Bonchev–Trinajstić information content (AvgIpc) is 2.78. The lowest BCUT2D eigenvalue weighted by atomic mass is 9.87. The molecule has 184 valence electrons. The minimum atomic E-state index is -0.339. The maximum absolute atomic E-state index is 12.9. The Morgan fingerprint density at radius 2 is 1.30 bits per heavy atom. The van der Waals surface area contributed by atoms with Gasteiger partial charge in [-0.15, -0.1) is 0 Å². The van der Waals surface area contributed by atoms with Gasteiger partial charge in [0, 0.05) is 38.2 Å². The second-order valence-electron chi connectivity index (χ2n) is 8.17. The Labute approximate surface area is 191 Å². The van der Waals surface area contributed by atoms with Crippen molar-refractivity contribution in [3.63, 3.8) is 0 Å². The van der Waals surface area contributed by atoms with Crippen LogP contribution in [0.25, 0.3) is 0 Å². The lowest BCUT2D eigenvalue weighted by molar-refractivity contribution is -0.144. The molecule has 1 heterocycles. The van der Waals surface area contributed by atoms with E-state index in [4.69, 9.17) is 4.74 Å². The summed E-state index contributed by atoms with van der Waals surface area (Å²) in [6.45, 7) is 30.5. The highest BCUT2D eigenvalue weighted by molar-refractivity contribution is 5.82. The molecule has 0 aromatic rings. The molecule has 4 nitrogen and oxygen atoms in total. The fourth-order valence-corrected chi connectivity index (χ4v) is 3.46. The van der Waals surface area contributed by atoms with Gasteiger partial charge < -0.3 is 9.64 Å². The van der Waals surface area contributed by atoms with Crippen LogP contribution in [0.2, 0.25) is 0 Å². The second-order valence-corrected chi connectivity index (χ2v) is 8.17. The lowest BCUT2D eigenvalue weighted by Gasteiger charge is -2.39. The summed E-state index contributed by atoms with van der Waals surface area (Å²) in [7, 11) is 0. The Hall–Kier alpha value is -0.610. The van der Waals surface area contributed by atoms with E-state index < -0.39 is 0 Å². The molecule has 0 saturated carbocycles. The normalized spacial score (nSPS) is 16.1. The van der Waals surface area contributed by atoms with Gasteiger partial charge in [0.1, 0.15) is 0 Å². The smallest absolute Gasteiger partial charge is 0.228 e. The van der Waals surface area contributed by atoms with Gasteiger partial charge in [0.25, 0.3) is 0 Å². The summed E-state index contributed by atoms with van der Waals surface area (Å²) in [6.07, 6.45) is 5.21. The van der Waals surface area contributed by atoms with Crippen molar-refractivity contribution in [2.24, 2.45) is 5.41 Å². The molecule has 0 bridgehead atoms. The van der Waals surface area contributed by atoms with Crippen LogP contribution in [-0.4, -0.2) is 60.6 Å². The molecule has 1 unspecified atom stereocenters. The van der Waals surface area contributed by atoms with E-state index in [0.29, 0.717) is 6.61 Å². The van der Waals surface area contributed by atoms with Gasteiger partial charge in [-0.2, -0.15) is 0 Å². The topological polar surface area (TPSA) is 32.8 Å². The first-order chi connectivity index (χ1) is 14.3. The highest BCUT2D eigenvalue weighted by atomic mass is 16.5. The van der Waals surface area contributed by atoms with Crippen LogP contribution in [0.15, 0.2) is 0 Å². The molecule has 0 aromatic carbocycles. The van der Waals surface area contributed by atoms with E-state index in [-0.39, 0.29) is 16.9 Å². The number of hydrogen-bond acceptors (Lipinski definition) is 3. The Morgan fingerprint density at radius 3 is 1.70 bits per heavy atom. The van der Waals surface area contributed by atoms with Crippen molar-refractivity contribution >= 4 is 5.91 Å². The molecular formula is C26H58N2O2. The van der Waals surface area contributed by atoms with Gasteiger partial charge in [-0.1, -0.05) is 82.6 Å². The zero-order chi connectivity index (χ0) is 24.2. The third-order valence-electron chi connectivity index (χ3n) is 5.48. The maximum atomic E-state index is 12.9. The van der Waals surface area contributed by atoms with E-state index >= 15 is 0 Å². The van der Waals surface area contributed by atoms with Crippen LogP contribution in [0.4, 0.5) is 0 Å². The summed E-state index contributed by atoms with van der Waals surface area (Å²) in [4.78, 5) is 17.4. The zero-order valence-corrected chi connectivity index (χ0v) is 23.0. The van der Waals surface area contributed by atoms with E-state index in [0.717, 1.165) is 58.4 Å². The number of hydrogen-bond donors (Lipinski definition) is 0. The van der Waals surface area contributed by atoms with E-state index in [2.05, 4.69) is 51.3 Å². The molecule has 0 aromatic heterocycles. The van der Waals surface area contributed by atoms with Crippen molar-refractivity contribution in [2.45, 2.75) is 121 Å². The Balaban J connectivity index is -0.00000111. The van der Waals surface area contributed by atoms with Crippen molar-refractivity contribution < 1.29 is 9.53 Å². The van der Waals surface area contributed by atoms with Crippen molar-refractivity contribution in [1.29, 1.82) is 0 Å². The zero-order valence-electron chi connectivity index (χ0n) is 23.0. The largest absolute Gasteiger partial charge is 0.375 e. The van der Waals surface area contributed by atoms with Crippen LogP contribution >= 0.6 is 0 Å². The summed E-state index contributed by atoms with van der Waals surface area (Å²) in [5.74, 6) is 0.288. The van der Waals surface area contributed by atoms with Gasteiger partial charge in [-0.05, 0) is 39.2 Å². The quantitative estimate of drug-likeness (QED) is 0.373. The first-order valence-electron chi connectivity index (χ1n) is 12.9. The van der Waals surface area contributed by atoms with E-state index in [1.54, 1.807) is 0 Å². The van der Waals surface area contributed by atoms with Crippen LogP contribution < -0.4 is 0 Å². The van der Waals surface area contributed by atoms with Crippen LogP contribution in [0, 0.1) is 5.41 Å². The van der Waals surface area contributed by atoms with Gasteiger partial charge >= 0.3 is 0 Å². The number of carbonyl (C=O) groups excluding carboxylic acids is 1. The van der Waals surface area contributed by atoms with Gasteiger partial charge in [-0.3, -0.25) is 9.69 Å². The first-order valence-corrected chi connectivity index (χ1v) is 12.9. The summed E-state index contributed by atoms with van der Waals surface area (Å²) in [5, 5.41) is 0. The summed E-state index contributed by atoms with van der Waals surface area (Å²) in [6, 6.07) is 0. The molecule has 0 aliphatic carbocycles. The predicted molar refractivity (Wildman–Crippen MR) is 135 cm³/mol. The highest BCUT2D eigenvalue weighted by Crippen LogP contribution is 2.27. The summed E-state index contributed by atoms with van der Waals surface area (Å²) in [5.41, 5.74) is -0.381. The van der Waals surface area contributed by atoms with Crippen LogP contribution in [0.5, 0.6) is 0 Å². The minimum absolute atomic E-state index is 0.0420. The predicted octanol–water partition coefficient (Wildman–Crippen LogP) is 7.02. The summed E-state index contributed by atoms with van der Waals surface area (Å²) >= 11 is 0. The molecule has 1 amide bonds. The standard InChI is InChI=1S/C20H40N2O2.3C2H6/c1-7-10-20(6,9-3)24-17-11-19(4,5)18(23)22-15-13-21(12-8-2)14-16-22;3*1-2/h7-17H2,1-6H3;3*1-2H3. The number of ether oxygens (including phenoxy) is 1. The Morgan fingerprint density at radius 1 is 0.800 bits per heavy atom. The molecule has 1 atom stereocenters. The van der Waals surface area contributed by atoms with Crippen molar-refractivity contribution in [2.75, 3.05) is 39.3 Å². The maximum Gasteiger partial charge on any atom is 0.228 e. The van der Waals surface area contributed by atoms with Gasteiger partial charge in [-0.25, -0.2) is 0 Å². The monoisotopic (exact) mass is 430 g/mol. The molecule has 0 N–H and O–H groups in total. The molecule has 30 heavy (non-hydrogen) atoms. The van der Waals surface area contributed by atoms with Gasteiger partial charge in [0.15, 0.2) is 0 Å². The third-order valence-corrected chi connectivity index (χ3v) is 5.48. The number of carbonyl (C=O) groups is 1. The fourth-order valence-electron chi connectivity index (χ4n) is 3.46. The van der Waals surface area contributed by atoms with E-state index in [9.17, 15) is 4.79 Å². The van der Waals surface area contributed by atoms with Crippen LogP contribution in [0.1, 0.15) is 115 Å². The second kappa shape index (κ2) is 20.3. The molecule has 0 spiro atoms. The lowest BCUT2D eigenvalue weighted by Crippen LogP contribution is -2.52. The molecule has 1 rings (SSSR count). The number of nitrogens with zero attached hydrogens (tertiary/aromatic N) is 2. The number of amides is 1. The van der Waals surface area contributed by atoms with E-state index in [1.807, 2.05) is 41.5 Å². The Bertz CT molecular complexity index is 377. The van der Waals surface area contributed by atoms with Crippen molar-refractivity contribution in [3.8, 4) is 0 Å². The molecule has 1 saturated heterocycles. The molecule has 1 aliphatic heterocycles. The van der Waals surface area contributed by atoms with Gasteiger partial charge in [0.05, 0.1) is 5.60 Å². The van der Waals surface area contributed by atoms with Gasteiger partial charge in [0.2, 0.25) is 5.91 Å². The van der Waals surface area contributed by atoms with E-state index in [1.165, 1.54) is 6.42 Å². The summed E-state index contributed by atoms with van der Waals surface area (Å²) < 4.78 is 6.16. The molecule has 1 fully saturated rings. The molecule has 0 radical (unpaired) electrons. The Kier molecular flexibility index (Phi) is 23.0. The average molecular weight is 431 g/mol. The van der Waals surface area contributed by atoms with Crippen LogP contribution in [0.3, 0.4) is 0 Å². The van der Waals surface area contributed by atoms with Crippen molar-refractivity contribution in [3.05, 3.63) is 0 Å².